The van der Waals surface area contributed by atoms with E-state index in [1.165, 1.54) is 0 Å². The van der Waals surface area contributed by atoms with Gasteiger partial charge < -0.3 is 15.3 Å². The van der Waals surface area contributed by atoms with Gasteiger partial charge in [0.05, 0.1) is 0 Å². The topological polar surface area (TPSA) is 69.6 Å². The summed E-state index contributed by atoms with van der Waals surface area (Å²) in [6, 6.07) is 6.96. The minimum absolute atomic E-state index is 0.130. The minimum atomic E-state index is -4.55. The van der Waals surface area contributed by atoms with Crippen LogP contribution in [-0.2, 0) is 4.79 Å². The van der Waals surface area contributed by atoms with Gasteiger partial charge in [-0.05, 0) is 18.9 Å². The van der Waals surface area contributed by atoms with Crippen LogP contribution in [0.3, 0.4) is 0 Å². The summed E-state index contributed by atoms with van der Waals surface area (Å²) in [5, 5.41) is 10.8. The fraction of sp³-hybridized carbons (Fsp3) is 0.467. The van der Waals surface area contributed by atoms with Crippen LogP contribution in [0.2, 0.25) is 0 Å². The Balaban J connectivity index is 2.32. The first-order chi connectivity index (χ1) is 10.7. The summed E-state index contributed by atoms with van der Waals surface area (Å²) in [5.41, 5.74) is 0.775. The molecule has 5 nitrogen and oxygen atoms in total. The third-order valence-corrected chi connectivity index (χ3v) is 4.02. The maximum atomic E-state index is 12.8. The molecule has 0 aromatic heterocycles. The van der Waals surface area contributed by atoms with Crippen LogP contribution >= 0.6 is 0 Å². The Morgan fingerprint density at radius 1 is 1.35 bits per heavy atom. The SMILES string of the molecule is C[C@@H]1[C@H](c2ccccc2)C[C@H](NC(=O)O)C(=O)N1CC(F)(F)F. The van der Waals surface area contributed by atoms with Gasteiger partial charge in [0, 0.05) is 12.0 Å². The monoisotopic (exact) mass is 330 g/mol. The van der Waals surface area contributed by atoms with Crippen LogP contribution in [0, 0.1) is 0 Å². The van der Waals surface area contributed by atoms with Gasteiger partial charge in [-0.1, -0.05) is 30.3 Å². The highest BCUT2D eigenvalue weighted by atomic mass is 19.4. The normalized spacial score (nSPS) is 25.3. The molecule has 0 radical (unpaired) electrons. The average molecular weight is 330 g/mol. The first kappa shape index (κ1) is 17.1. The molecular weight excluding hydrogens is 313 g/mol. The van der Waals surface area contributed by atoms with Gasteiger partial charge in [-0.15, -0.1) is 0 Å². The molecule has 1 heterocycles. The zero-order valence-corrected chi connectivity index (χ0v) is 12.4. The molecule has 2 amide bonds. The molecular formula is C15H17F3N2O3. The van der Waals surface area contributed by atoms with E-state index in [9.17, 15) is 22.8 Å². The van der Waals surface area contributed by atoms with E-state index < -0.39 is 36.8 Å². The van der Waals surface area contributed by atoms with Crippen molar-refractivity contribution in [1.82, 2.24) is 10.2 Å². The highest BCUT2D eigenvalue weighted by Gasteiger charge is 2.45. The lowest BCUT2D eigenvalue weighted by atomic mass is 9.82. The summed E-state index contributed by atoms with van der Waals surface area (Å²) in [7, 11) is 0. The molecule has 0 spiro atoms. The summed E-state index contributed by atoms with van der Waals surface area (Å²) in [6.07, 6.45) is -5.85. The summed E-state index contributed by atoms with van der Waals surface area (Å²) in [5.74, 6) is -1.22. The van der Waals surface area contributed by atoms with Crippen LogP contribution in [0.15, 0.2) is 30.3 Å². The fourth-order valence-corrected chi connectivity index (χ4v) is 2.97. The lowest BCUT2D eigenvalue weighted by Crippen LogP contribution is -2.59. The van der Waals surface area contributed by atoms with Gasteiger partial charge in [0.25, 0.3) is 0 Å². The molecule has 0 unspecified atom stereocenters. The quantitative estimate of drug-likeness (QED) is 0.895. The Morgan fingerprint density at radius 2 is 1.96 bits per heavy atom. The van der Waals surface area contributed by atoms with Gasteiger partial charge >= 0.3 is 12.3 Å². The third-order valence-electron chi connectivity index (χ3n) is 4.02. The van der Waals surface area contributed by atoms with E-state index >= 15 is 0 Å². The Hall–Kier alpha value is -2.25. The zero-order valence-electron chi connectivity index (χ0n) is 12.4. The Bertz CT molecular complexity index is 577. The van der Waals surface area contributed by atoms with E-state index in [2.05, 4.69) is 0 Å². The molecule has 3 atom stereocenters. The van der Waals surface area contributed by atoms with E-state index in [0.29, 0.717) is 4.90 Å². The van der Waals surface area contributed by atoms with Crippen molar-refractivity contribution in [3.8, 4) is 0 Å². The van der Waals surface area contributed by atoms with Gasteiger partial charge in [0.2, 0.25) is 5.91 Å². The van der Waals surface area contributed by atoms with Gasteiger partial charge in [-0.2, -0.15) is 13.2 Å². The van der Waals surface area contributed by atoms with Gasteiger partial charge in [0.15, 0.2) is 0 Å². The number of amides is 2. The molecule has 1 aliphatic rings. The number of rotatable bonds is 3. The maximum absolute atomic E-state index is 12.8. The molecule has 1 saturated heterocycles. The van der Waals surface area contributed by atoms with E-state index in [-0.39, 0.29) is 12.3 Å². The van der Waals surface area contributed by atoms with Gasteiger partial charge in [-0.3, -0.25) is 4.79 Å². The average Bonchev–Trinajstić information content (AvgIpc) is 2.46. The Morgan fingerprint density at radius 3 is 2.48 bits per heavy atom. The minimum Gasteiger partial charge on any atom is -0.465 e. The zero-order chi connectivity index (χ0) is 17.2. The lowest BCUT2D eigenvalue weighted by molar-refractivity contribution is -0.170. The van der Waals surface area contributed by atoms with Crippen LogP contribution in [-0.4, -0.2) is 46.8 Å². The molecule has 126 valence electrons. The second-order valence-electron chi connectivity index (χ2n) is 5.58. The molecule has 2 N–H and O–H groups in total. The molecule has 0 saturated carbocycles. The predicted octanol–water partition coefficient (Wildman–Crippen LogP) is 2.59. The van der Waals surface area contributed by atoms with Crippen molar-refractivity contribution in [2.24, 2.45) is 0 Å². The smallest absolute Gasteiger partial charge is 0.406 e. The second-order valence-corrected chi connectivity index (χ2v) is 5.58. The molecule has 1 fully saturated rings. The first-order valence-electron chi connectivity index (χ1n) is 7.10. The maximum Gasteiger partial charge on any atom is 0.406 e. The molecule has 23 heavy (non-hydrogen) atoms. The number of benzene rings is 1. The highest BCUT2D eigenvalue weighted by molar-refractivity contribution is 5.86. The number of nitrogens with one attached hydrogen (secondary N) is 1. The van der Waals surface area contributed by atoms with Crippen molar-refractivity contribution in [2.75, 3.05) is 6.54 Å². The van der Waals surface area contributed by atoms with Gasteiger partial charge in [0.1, 0.15) is 12.6 Å². The summed E-state index contributed by atoms with van der Waals surface area (Å²) in [6.45, 7) is 0.159. The highest BCUT2D eigenvalue weighted by Crippen LogP contribution is 2.35. The molecule has 1 aromatic rings. The summed E-state index contributed by atoms with van der Waals surface area (Å²) >= 11 is 0. The second kappa shape index (κ2) is 6.47. The van der Waals surface area contributed by atoms with Gasteiger partial charge in [-0.25, -0.2) is 4.79 Å². The van der Waals surface area contributed by atoms with Crippen molar-refractivity contribution in [3.05, 3.63) is 35.9 Å². The number of alkyl halides is 3. The van der Waals surface area contributed by atoms with E-state index in [0.717, 1.165) is 5.56 Å². The van der Waals surface area contributed by atoms with Crippen molar-refractivity contribution < 1.29 is 27.9 Å². The Labute approximate surface area is 131 Å². The number of halogens is 3. The molecule has 8 heteroatoms. The number of carboxylic acid groups (broad SMARTS) is 1. The molecule has 0 bridgehead atoms. The van der Waals surface area contributed by atoms with E-state index in [4.69, 9.17) is 5.11 Å². The van der Waals surface area contributed by atoms with Crippen LogP contribution in [0.5, 0.6) is 0 Å². The van der Waals surface area contributed by atoms with Crippen molar-refractivity contribution in [3.63, 3.8) is 0 Å². The number of piperidine rings is 1. The van der Waals surface area contributed by atoms with Crippen molar-refractivity contribution >= 4 is 12.0 Å². The van der Waals surface area contributed by atoms with Crippen molar-refractivity contribution in [1.29, 1.82) is 0 Å². The first-order valence-corrected chi connectivity index (χ1v) is 7.10. The number of hydrogen-bond acceptors (Lipinski definition) is 2. The van der Waals surface area contributed by atoms with E-state index in [1.807, 2.05) is 5.32 Å². The third kappa shape index (κ3) is 4.14. The number of likely N-dealkylation sites (tertiary alicyclic amines) is 1. The number of nitrogens with zero attached hydrogens (tertiary/aromatic N) is 1. The molecule has 1 aromatic carbocycles. The standard InChI is InChI=1S/C15H17F3N2O3/c1-9-11(10-5-3-2-4-6-10)7-12(19-14(22)23)13(21)20(9)8-15(16,17)18/h2-6,9,11-12,19H,7-8H2,1H3,(H,22,23)/t9-,11-,12+/m1/s1. The summed E-state index contributed by atoms with van der Waals surface area (Å²) < 4.78 is 38.3. The predicted molar refractivity (Wildman–Crippen MR) is 76.0 cm³/mol. The summed E-state index contributed by atoms with van der Waals surface area (Å²) in [4.78, 5) is 23.8. The largest absolute Gasteiger partial charge is 0.465 e. The van der Waals surface area contributed by atoms with Crippen LogP contribution in [0.1, 0.15) is 24.8 Å². The molecule has 1 aliphatic heterocycles. The fourth-order valence-electron chi connectivity index (χ4n) is 2.97. The van der Waals surface area contributed by atoms with Crippen LogP contribution in [0.4, 0.5) is 18.0 Å². The van der Waals surface area contributed by atoms with Crippen molar-refractivity contribution in [2.45, 2.75) is 37.5 Å². The Kier molecular flexibility index (Phi) is 4.82. The van der Waals surface area contributed by atoms with E-state index in [1.54, 1.807) is 37.3 Å². The van der Waals surface area contributed by atoms with Crippen LogP contribution in [0.25, 0.3) is 0 Å². The lowest BCUT2D eigenvalue weighted by Gasteiger charge is -2.43. The van der Waals surface area contributed by atoms with Crippen LogP contribution < -0.4 is 5.32 Å². The molecule has 0 aliphatic carbocycles. The number of hydrogen-bond donors (Lipinski definition) is 2. The number of carbonyl (C=O) groups is 2. The number of carbonyl (C=O) groups excluding carboxylic acids is 1. The molecule has 2 rings (SSSR count).